The number of nitrogens with one attached hydrogen (secondary N) is 1. The molecule has 0 saturated carbocycles. The van der Waals surface area contributed by atoms with Gasteiger partial charge in [0.25, 0.3) is 5.91 Å². The van der Waals surface area contributed by atoms with Crippen molar-refractivity contribution in [2.75, 3.05) is 12.3 Å². The highest BCUT2D eigenvalue weighted by atomic mass is 19.1. The van der Waals surface area contributed by atoms with Crippen LogP contribution in [0.3, 0.4) is 0 Å². The summed E-state index contributed by atoms with van der Waals surface area (Å²) in [5.41, 5.74) is 5.53. The average molecular weight is 212 g/mol. The number of carbonyl (C=O) groups is 1. The van der Waals surface area contributed by atoms with E-state index in [4.69, 9.17) is 10.8 Å². The summed E-state index contributed by atoms with van der Waals surface area (Å²) in [7, 11) is 0. The van der Waals surface area contributed by atoms with Crippen molar-refractivity contribution >= 4 is 11.6 Å². The molecule has 0 fully saturated rings. The number of hydrogen-bond acceptors (Lipinski definition) is 3. The fraction of sp³-hybridized carbons (Fsp3) is 0.300. The van der Waals surface area contributed by atoms with Gasteiger partial charge in [-0.2, -0.15) is 0 Å². The van der Waals surface area contributed by atoms with Crippen LogP contribution >= 0.6 is 0 Å². The minimum Gasteiger partial charge on any atom is -0.399 e. The van der Waals surface area contributed by atoms with Crippen LogP contribution in [-0.2, 0) is 0 Å². The number of nitrogen functional groups attached to an aromatic ring is 1. The summed E-state index contributed by atoms with van der Waals surface area (Å²) in [5, 5.41) is 11.2. The Labute approximate surface area is 86.9 Å². The van der Waals surface area contributed by atoms with Crippen LogP contribution in [0.1, 0.15) is 17.3 Å². The minimum absolute atomic E-state index is 0.0792. The van der Waals surface area contributed by atoms with Crippen LogP contribution < -0.4 is 11.1 Å². The van der Waals surface area contributed by atoms with Crippen molar-refractivity contribution in [2.24, 2.45) is 0 Å². The highest BCUT2D eigenvalue weighted by molar-refractivity contribution is 5.94. The molecule has 0 aliphatic carbocycles. The van der Waals surface area contributed by atoms with Crippen LogP contribution in [0, 0.1) is 5.82 Å². The van der Waals surface area contributed by atoms with Gasteiger partial charge in [-0.1, -0.05) is 0 Å². The third-order valence-corrected chi connectivity index (χ3v) is 1.89. The Morgan fingerprint density at radius 1 is 1.67 bits per heavy atom. The van der Waals surface area contributed by atoms with Crippen molar-refractivity contribution in [2.45, 2.75) is 13.0 Å². The zero-order chi connectivity index (χ0) is 11.4. The van der Waals surface area contributed by atoms with E-state index in [0.717, 1.165) is 6.07 Å². The van der Waals surface area contributed by atoms with Gasteiger partial charge in [-0.15, -0.1) is 0 Å². The molecule has 1 amide bonds. The average Bonchev–Trinajstić information content (AvgIpc) is 2.17. The van der Waals surface area contributed by atoms with Gasteiger partial charge in [0, 0.05) is 11.7 Å². The van der Waals surface area contributed by atoms with Crippen molar-refractivity contribution < 1.29 is 14.3 Å². The van der Waals surface area contributed by atoms with Crippen LogP contribution in [0.15, 0.2) is 18.2 Å². The number of hydrogen-bond donors (Lipinski definition) is 3. The van der Waals surface area contributed by atoms with E-state index in [1.165, 1.54) is 12.1 Å². The number of carbonyl (C=O) groups excluding carboxylic acids is 1. The second-order valence-corrected chi connectivity index (χ2v) is 3.30. The lowest BCUT2D eigenvalue weighted by Gasteiger charge is -2.11. The van der Waals surface area contributed by atoms with Crippen LogP contribution in [0.2, 0.25) is 0 Å². The van der Waals surface area contributed by atoms with Gasteiger partial charge in [-0.25, -0.2) is 4.39 Å². The molecule has 4 nitrogen and oxygen atoms in total. The highest BCUT2D eigenvalue weighted by Gasteiger charge is 2.13. The van der Waals surface area contributed by atoms with Gasteiger partial charge < -0.3 is 16.2 Å². The van der Waals surface area contributed by atoms with E-state index in [-0.39, 0.29) is 17.9 Å². The molecule has 1 unspecified atom stereocenters. The minimum atomic E-state index is -0.669. The quantitative estimate of drug-likeness (QED) is 0.639. The summed E-state index contributed by atoms with van der Waals surface area (Å²) in [6, 6.07) is 3.43. The van der Waals surface area contributed by atoms with Gasteiger partial charge in [0.1, 0.15) is 5.82 Å². The zero-order valence-corrected chi connectivity index (χ0v) is 8.33. The lowest BCUT2D eigenvalue weighted by molar-refractivity contribution is 0.0918. The summed E-state index contributed by atoms with van der Waals surface area (Å²) in [4.78, 5) is 11.4. The Hall–Kier alpha value is -1.62. The maximum absolute atomic E-state index is 13.3. The molecule has 15 heavy (non-hydrogen) atoms. The molecule has 4 N–H and O–H groups in total. The number of halogens is 1. The third kappa shape index (κ3) is 2.92. The van der Waals surface area contributed by atoms with Crippen molar-refractivity contribution in [3.63, 3.8) is 0 Å². The topological polar surface area (TPSA) is 75.3 Å². The molecule has 1 atom stereocenters. The predicted octanol–water partition coefficient (Wildman–Crippen LogP) is 0.519. The molecule has 0 aliphatic rings. The normalized spacial score (nSPS) is 12.2. The highest BCUT2D eigenvalue weighted by Crippen LogP contribution is 2.11. The first kappa shape index (κ1) is 11.5. The number of aliphatic hydroxyl groups is 1. The van der Waals surface area contributed by atoms with Gasteiger partial charge >= 0.3 is 0 Å². The number of benzene rings is 1. The first-order chi connectivity index (χ1) is 7.04. The predicted molar refractivity (Wildman–Crippen MR) is 54.8 cm³/mol. The molecule has 1 aromatic rings. The summed E-state index contributed by atoms with van der Waals surface area (Å²) >= 11 is 0. The molecule has 1 aromatic carbocycles. The summed E-state index contributed by atoms with van der Waals surface area (Å²) in [6.07, 6.45) is 0. The van der Waals surface area contributed by atoms with Crippen molar-refractivity contribution in [1.82, 2.24) is 5.32 Å². The zero-order valence-electron chi connectivity index (χ0n) is 8.33. The lowest BCUT2D eigenvalue weighted by atomic mass is 10.1. The molecule has 0 heterocycles. The van der Waals surface area contributed by atoms with Crippen LogP contribution in [0.25, 0.3) is 0 Å². The third-order valence-electron chi connectivity index (χ3n) is 1.89. The van der Waals surface area contributed by atoms with E-state index < -0.39 is 17.8 Å². The second kappa shape index (κ2) is 4.75. The van der Waals surface area contributed by atoms with E-state index in [0.29, 0.717) is 0 Å². The van der Waals surface area contributed by atoms with Gasteiger partial charge in [0.15, 0.2) is 0 Å². The molecule has 0 radical (unpaired) electrons. The monoisotopic (exact) mass is 212 g/mol. The van der Waals surface area contributed by atoms with E-state index in [1.54, 1.807) is 6.92 Å². The molecule has 5 heteroatoms. The van der Waals surface area contributed by atoms with E-state index in [1.807, 2.05) is 0 Å². The molecule has 0 aromatic heterocycles. The molecule has 0 saturated heterocycles. The van der Waals surface area contributed by atoms with Crippen LogP contribution in [0.4, 0.5) is 10.1 Å². The lowest BCUT2D eigenvalue weighted by Crippen LogP contribution is -2.35. The van der Waals surface area contributed by atoms with E-state index in [2.05, 4.69) is 5.32 Å². The number of aliphatic hydroxyl groups excluding tert-OH is 1. The van der Waals surface area contributed by atoms with Gasteiger partial charge in [0.05, 0.1) is 12.2 Å². The fourth-order valence-corrected chi connectivity index (χ4v) is 1.06. The fourth-order valence-electron chi connectivity index (χ4n) is 1.06. The second-order valence-electron chi connectivity index (χ2n) is 3.30. The number of amides is 1. The standard InChI is InChI=1S/C10H13FN2O2/c1-6(5-14)13-10(15)8-3-2-7(12)4-9(8)11/h2-4,6,14H,5,12H2,1H3,(H,13,15). The van der Waals surface area contributed by atoms with Crippen LogP contribution in [0.5, 0.6) is 0 Å². The first-order valence-corrected chi connectivity index (χ1v) is 4.51. The van der Waals surface area contributed by atoms with Gasteiger partial charge in [0.2, 0.25) is 0 Å². The molecule has 0 aliphatic heterocycles. The molecule has 0 spiro atoms. The molecular formula is C10H13FN2O2. The van der Waals surface area contributed by atoms with Crippen molar-refractivity contribution in [3.8, 4) is 0 Å². The van der Waals surface area contributed by atoms with Crippen molar-refractivity contribution in [1.29, 1.82) is 0 Å². The number of rotatable bonds is 3. The molecular weight excluding hydrogens is 199 g/mol. The van der Waals surface area contributed by atoms with Crippen LogP contribution in [-0.4, -0.2) is 23.7 Å². The van der Waals surface area contributed by atoms with E-state index in [9.17, 15) is 9.18 Å². The first-order valence-electron chi connectivity index (χ1n) is 4.51. The number of anilines is 1. The smallest absolute Gasteiger partial charge is 0.254 e. The summed E-state index contributed by atoms with van der Waals surface area (Å²) in [6.45, 7) is 1.43. The Bertz CT molecular complexity index is 368. The Balaban J connectivity index is 2.82. The summed E-state index contributed by atoms with van der Waals surface area (Å²) in [5.74, 6) is -1.23. The molecule has 0 bridgehead atoms. The Morgan fingerprint density at radius 2 is 2.33 bits per heavy atom. The summed E-state index contributed by atoms with van der Waals surface area (Å²) < 4.78 is 13.3. The Kier molecular flexibility index (Phi) is 3.62. The molecule has 1 rings (SSSR count). The van der Waals surface area contributed by atoms with Gasteiger partial charge in [-0.3, -0.25) is 4.79 Å². The maximum atomic E-state index is 13.3. The van der Waals surface area contributed by atoms with E-state index >= 15 is 0 Å². The van der Waals surface area contributed by atoms with Gasteiger partial charge in [-0.05, 0) is 25.1 Å². The SMILES string of the molecule is CC(CO)NC(=O)c1ccc(N)cc1F. The molecule has 82 valence electrons. The Morgan fingerprint density at radius 3 is 2.87 bits per heavy atom. The number of nitrogens with two attached hydrogens (primary N) is 1. The van der Waals surface area contributed by atoms with Crippen molar-refractivity contribution in [3.05, 3.63) is 29.6 Å². The largest absolute Gasteiger partial charge is 0.399 e. The maximum Gasteiger partial charge on any atom is 0.254 e.